The van der Waals surface area contributed by atoms with Crippen molar-refractivity contribution in [3.05, 3.63) is 6.07 Å². The molecule has 0 amide bonds. The fourth-order valence-corrected chi connectivity index (χ4v) is 2.83. The predicted octanol–water partition coefficient (Wildman–Crippen LogP) is 2.77. The van der Waals surface area contributed by atoms with Crippen molar-refractivity contribution in [3.63, 3.8) is 0 Å². The second-order valence-electron chi connectivity index (χ2n) is 4.69. The summed E-state index contributed by atoms with van der Waals surface area (Å²) in [6.07, 6.45) is 3.42. The number of methoxy groups -OCH3 is 2. The van der Waals surface area contributed by atoms with Gasteiger partial charge in [0.2, 0.25) is 11.8 Å². The molecule has 1 N–H and O–H groups in total. The summed E-state index contributed by atoms with van der Waals surface area (Å²) in [5.41, 5.74) is 0. The Balaban J connectivity index is 2.78. The van der Waals surface area contributed by atoms with Gasteiger partial charge in [0.25, 0.3) is 0 Å². The number of hydrogen-bond acceptors (Lipinski definition) is 6. The van der Waals surface area contributed by atoms with Crippen LogP contribution in [0.15, 0.2) is 11.2 Å². The number of unbranched alkanes of at least 4 members (excludes halogenated alkanes) is 1. The molecule has 1 aromatic heterocycles. The van der Waals surface area contributed by atoms with Gasteiger partial charge in [-0.2, -0.15) is 9.97 Å². The van der Waals surface area contributed by atoms with Gasteiger partial charge in [-0.3, -0.25) is 0 Å². The number of aliphatic hydroxyl groups is 1. The zero-order valence-electron chi connectivity index (χ0n) is 12.6. The summed E-state index contributed by atoms with van der Waals surface area (Å²) in [5, 5.41) is 10.2. The Kier molecular flexibility index (Phi) is 7.69. The average Bonchev–Trinajstić information content (AvgIpc) is 2.49. The van der Waals surface area contributed by atoms with Crippen LogP contribution >= 0.6 is 11.8 Å². The lowest BCUT2D eigenvalue weighted by Gasteiger charge is -2.20. The summed E-state index contributed by atoms with van der Waals surface area (Å²) in [5.74, 6) is 1.35. The van der Waals surface area contributed by atoms with E-state index in [2.05, 4.69) is 23.8 Å². The largest absolute Gasteiger partial charge is 0.481 e. The van der Waals surface area contributed by atoms with E-state index >= 15 is 0 Å². The topological polar surface area (TPSA) is 64.5 Å². The molecule has 1 aromatic rings. The minimum atomic E-state index is 0.0818. The standard InChI is InChI=1S/C14H24N2O3S/c1-5-6-7-10(2)11(9-17)20-14-15-12(18-3)8-13(16-14)19-4/h8,10-11,17H,5-7,9H2,1-4H3. The minimum absolute atomic E-state index is 0.0818. The van der Waals surface area contributed by atoms with Crippen molar-refractivity contribution in [3.8, 4) is 11.8 Å². The first-order valence-electron chi connectivity index (χ1n) is 6.89. The van der Waals surface area contributed by atoms with Gasteiger partial charge in [0.15, 0.2) is 5.16 Å². The van der Waals surface area contributed by atoms with Crippen molar-refractivity contribution in [2.75, 3.05) is 20.8 Å². The number of rotatable bonds is 9. The fourth-order valence-electron chi connectivity index (χ4n) is 1.83. The van der Waals surface area contributed by atoms with Crippen LogP contribution < -0.4 is 9.47 Å². The van der Waals surface area contributed by atoms with Crippen molar-refractivity contribution in [1.29, 1.82) is 0 Å². The zero-order chi connectivity index (χ0) is 15.0. The second kappa shape index (κ2) is 9.02. The van der Waals surface area contributed by atoms with Gasteiger partial charge in [0.05, 0.1) is 26.9 Å². The highest BCUT2D eigenvalue weighted by molar-refractivity contribution is 7.99. The molecule has 0 aromatic carbocycles. The van der Waals surface area contributed by atoms with E-state index in [9.17, 15) is 5.11 Å². The average molecular weight is 300 g/mol. The van der Waals surface area contributed by atoms with Gasteiger partial charge in [-0.25, -0.2) is 0 Å². The third-order valence-corrected chi connectivity index (χ3v) is 4.47. The lowest BCUT2D eigenvalue weighted by atomic mass is 10.0. The second-order valence-corrected chi connectivity index (χ2v) is 5.90. The first-order valence-corrected chi connectivity index (χ1v) is 7.77. The van der Waals surface area contributed by atoms with Gasteiger partial charge in [-0.05, 0) is 12.3 Å². The lowest BCUT2D eigenvalue weighted by Crippen LogP contribution is -2.19. The van der Waals surface area contributed by atoms with Crippen LogP contribution in [0.25, 0.3) is 0 Å². The van der Waals surface area contributed by atoms with E-state index in [1.807, 2.05) is 0 Å². The Morgan fingerprint density at radius 1 is 1.25 bits per heavy atom. The summed E-state index contributed by atoms with van der Waals surface area (Å²) in [6.45, 7) is 4.43. The van der Waals surface area contributed by atoms with E-state index in [0.29, 0.717) is 22.8 Å². The normalized spacial score (nSPS) is 13.8. The highest BCUT2D eigenvalue weighted by atomic mass is 32.2. The zero-order valence-corrected chi connectivity index (χ0v) is 13.4. The Morgan fingerprint density at radius 2 is 1.85 bits per heavy atom. The summed E-state index contributed by atoms with van der Waals surface area (Å²) in [6, 6.07) is 1.64. The van der Waals surface area contributed by atoms with Crippen molar-refractivity contribution >= 4 is 11.8 Å². The maximum Gasteiger partial charge on any atom is 0.220 e. The molecule has 0 spiro atoms. The smallest absolute Gasteiger partial charge is 0.220 e. The number of nitrogens with zero attached hydrogens (tertiary/aromatic N) is 2. The molecule has 0 aliphatic carbocycles. The third kappa shape index (κ3) is 5.17. The van der Waals surface area contributed by atoms with E-state index in [1.165, 1.54) is 18.2 Å². The van der Waals surface area contributed by atoms with Crippen molar-refractivity contribution in [1.82, 2.24) is 9.97 Å². The molecular formula is C14H24N2O3S. The minimum Gasteiger partial charge on any atom is -0.481 e. The summed E-state index contributed by atoms with van der Waals surface area (Å²) in [4.78, 5) is 8.58. The highest BCUT2D eigenvalue weighted by Crippen LogP contribution is 2.30. The molecule has 5 nitrogen and oxygen atoms in total. The van der Waals surface area contributed by atoms with E-state index in [-0.39, 0.29) is 11.9 Å². The summed E-state index contributed by atoms with van der Waals surface area (Å²) < 4.78 is 10.3. The number of thioether (sulfide) groups is 1. The highest BCUT2D eigenvalue weighted by Gasteiger charge is 2.20. The first-order chi connectivity index (χ1) is 9.64. The molecule has 0 aliphatic heterocycles. The van der Waals surface area contributed by atoms with Crippen molar-refractivity contribution < 1.29 is 14.6 Å². The third-order valence-electron chi connectivity index (χ3n) is 3.16. The van der Waals surface area contributed by atoms with E-state index in [4.69, 9.17) is 9.47 Å². The summed E-state index contributed by atoms with van der Waals surface area (Å²) in [7, 11) is 3.12. The molecule has 0 bridgehead atoms. The summed E-state index contributed by atoms with van der Waals surface area (Å²) >= 11 is 1.47. The molecule has 0 saturated heterocycles. The van der Waals surface area contributed by atoms with E-state index < -0.39 is 0 Å². The molecule has 1 rings (SSSR count). The van der Waals surface area contributed by atoms with Gasteiger partial charge >= 0.3 is 0 Å². The number of aromatic nitrogens is 2. The Labute approximate surface area is 125 Å². The Bertz CT molecular complexity index is 382. The molecule has 114 valence electrons. The van der Waals surface area contributed by atoms with Crippen molar-refractivity contribution in [2.24, 2.45) is 5.92 Å². The molecule has 0 aliphatic rings. The molecule has 20 heavy (non-hydrogen) atoms. The lowest BCUT2D eigenvalue weighted by molar-refractivity contribution is 0.264. The van der Waals surface area contributed by atoms with Gasteiger partial charge in [-0.15, -0.1) is 0 Å². The Morgan fingerprint density at radius 3 is 2.30 bits per heavy atom. The maximum atomic E-state index is 9.57. The molecule has 0 saturated carbocycles. The molecule has 2 unspecified atom stereocenters. The van der Waals surface area contributed by atoms with E-state index in [1.54, 1.807) is 20.3 Å². The molecule has 0 fully saturated rings. The Hall–Kier alpha value is -1.01. The molecule has 0 radical (unpaired) electrons. The van der Waals surface area contributed by atoms with Gasteiger partial charge in [0, 0.05) is 5.25 Å². The maximum absolute atomic E-state index is 9.57. The number of aliphatic hydroxyl groups excluding tert-OH is 1. The van der Waals surface area contributed by atoms with E-state index in [0.717, 1.165) is 12.8 Å². The SMILES string of the molecule is CCCCC(C)C(CO)Sc1nc(OC)cc(OC)n1. The number of ether oxygens (including phenoxy) is 2. The van der Waals surface area contributed by atoms with Crippen LogP contribution in [0.2, 0.25) is 0 Å². The van der Waals surface area contributed by atoms with Crippen molar-refractivity contribution in [2.45, 2.75) is 43.5 Å². The quantitative estimate of drug-likeness (QED) is 0.559. The van der Waals surface area contributed by atoms with Crippen LogP contribution in [-0.2, 0) is 0 Å². The molecule has 1 heterocycles. The monoisotopic (exact) mass is 300 g/mol. The van der Waals surface area contributed by atoms with Gasteiger partial charge in [0.1, 0.15) is 0 Å². The van der Waals surface area contributed by atoms with Crippen LogP contribution in [0.1, 0.15) is 33.1 Å². The van der Waals surface area contributed by atoms with Crippen LogP contribution in [0.3, 0.4) is 0 Å². The van der Waals surface area contributed by atoms with Gasteiger partial charge in [-0.1, -0.05) is 38.5 Å². The van der Waals surface area contributed by atoms with Crippen LogP contribution in [0.4, 0.5) is 0 Å². The molecule has 2 atom stereocenters. The molecular weight excluding hydrogens is 276 g/mol. The fraction of sp³-hybridized carbons (Fsp3) is 0.714. The van der Waals surface area contributed by atoms with Crippen LogP contribution in [0, 0.1) is 5.92 Å². The van der Waals surface area contributed by atoms with Crippen LogP contribution in [-0.4, -0.2) is 41.2 Å². The predicted molar refractivity (Wildman–Crippen MR) is 80.6 cm³/mol. The van der Waals surface area contributed by atoms with Crippen LogP contribution in [0.5, 0.6) is 11.8 Å². The first kappa shape index (κ1) is 17.0. The number of hydrogen-bond donors (Lipinski definition) is 1. The van der Waals surface area contributed by atoms with Gasteiger partial charge < -0.3 is 14.6 Å². The molecule has 6 heteroatoms.